The van der Waals surface area contributed by atoms with E-state index in [9.17, 15) is 61.9 Å². The van der Waals surface area contributed by atoms with E-state index in [0.29, 0.717) is 0 Å². The highest BCUT2D eigenvalue weighted by molar-refractivity contribution is 5.81. The van der Waals surface area contributed by atoms with Crippen LogP contribution in [-0.4, -0.2) is 41.9 Å². The van der Waals surface area contributed by atoms with Crippen molar-refractivity contribution < 1.29 is 66.6 Å². The number of hydrogen-bond acceptors (Lipinski definition) is 2. The third kappa shape index (κ3) is 2.99. The van der Waals surface area contributed by atoms with Crippen molar-refractivity contribution in [3.63, 3.8) is 0 Å². The summed E-state index contributed by atoms with van der Waals surface area (Å²) in [6, 6.07) is 0. The lowest BCUT2D eigenvalue weighted by atomic mass is 9.82. The normalized spacial score (nSPS) is 17.2. The zero-order valence-corrected chi connectivity index (χ0v) is 10.5. The van der Waals surface area contributed by atoms with Crippen LogP contribution in [0, 0.1) is 0 Å². The van der Waals surface area contributed by atoms with Crippen molar-refractivity contribution >= 4 is 5.97 Å². The van der Waals surface area contributed by atoms with E-state index in [-0.39, 0.29) is 0 Å². The molecule has 0 aromatic heterocycles. The minimum absolute atomic E-state index is 0.439. The van der Waals surface area contributed by atoms with E-state index in [4.69, 9.17) is 0 Å². The molecule has 0 heterocycles. The number of halogens is 13. The standard InChI is InChI=1S/C9H3F13O2/c1-2-3(23)24-9(21,22)5(11,8(18,19)20)4(10,6(12,13)14)7(15,16)17/h2H,1H2. The summed E-state index contributed by atoms with van der Waals surface area (Å²) in [5.74, 6) is -2.75. The van der Waals surface area contributed by atoms with Gasteiger partial charge in [0.2, 0.25) is 0 Å². The molecule has 15 heteroatoms. The third-order valence-corrected chi connectivity index (χ3v) is 2.44. The lowest BCUT2D eigenvalue weighted by Gasteiger charge is -2.43. The second-order valence-electron chi connectivity index (χ2n) is 3.95. The molecule has 24 heavy (non-hydrogen) atoms. The minimum Gasteiger partial charge on any atom is -0.395 e. The van der Waals surface area contributed by atoms with Gasteiger partial charge in [-0.3, -0.25) is 0 Å². The third-order valence-electron chi connectivity index (χ3n) is 2.44. The zero-order chi connectivity index (χ0) is 20.0. The van der Waals surface area contributed by atoms with Gasteiger partial charge in [0.25, 0.3) is 0 Å². The van der Waals surface area contributed by atoms with Crippen molar-refractivity contribution in [2.24, 2.45) is 0 Å². The fourth-order valence-corrected chi connectivity index (χ4v) is 1.35. The largest absolute Gasteiger partial charge is 0.448 e. The minimum atomic E-state index is -8.17. The summed E-state index contributed by atoms with van der Waals surface area (Å²) in [5, 5.41) is 0. The summed E-state index contributed by atoms with van der Waals surface area (Å²) in [7, 11) is 0. The van der Waals surface area contributed by atoms with Crippen LogP contribution >= 0.6 is 0 Å². The van der Waals surface area contributed by atoms with Crippen LogP contribution in [0.15, 0.2) is 12.7 Å². The Morgan fingerprint density at radius 3 is 1.17 bits per heavy atom. The number of ether oxygens (including phenoxy) is 1. The van der Waals surface area contributed by atoms with Crippen molar-refractivity contribution in [2.75, 3.05) is 0 Å². The van der Waals surface area contributed by atoms with Crippen LogP contribution in [0.5, 0.6) is 0 Å². The van der Waals surface area contributed by atoms with Crippen LogP contribution in [-0.2, 0) is 9.53 Å². The van der Waals surface area contributed by atoms with Gasteiger partial charge in [0.05, 0.1) is 0 Å². The molecule has 1 unspecified atom stereocenters. The zero-order valence-electron chi connectivity index (χ0n) is 10.5. The predicted molar refractivity (Wildman–Crippen MR) is 47.1 cm³/mol. The van der Waals surface area contributed by atoms with E-state index in [0.717, 1.165) is 0 Å². The second kappa shape index (κ2) is 5.68. The second-order valence-corrected chi connectivity index (χ2v) is 3.95. The van der Waals surface area contributed by atoms with Crippen LogP contribution in [0.25, 0.3) is 0 Å². The Labute approximate surface area is 122 Å². The molecule has 2 nitrogen and oxygen atoms in total. The molecule has 0 amide bonds. The number of rotatable bonds is 4. The Bertz CT molecular complexity index is 485. The quantitative estimate of drug-likeness (QED) is 0.404. The smallest absolute Gasteiger partial charge is 0.395 e. The molecule has 0 spiro atoms. The number of carbonyl (C=O) groups is 1. The summed E-state index contributed by atoms with van der Waals surface area (Å²) in [4.78, 5) is 10.4. The first-order valence-corrected chi connectivity index (χ1v) is 5.02. The predicted octanol–water partition coefficient (Wildman–Crippen LogP) is 4.41. The molecule has 142 valence electrons. The molecule has 0 N–H and O–H groups in total. The maximum Gasteiger partial charge on any atom is 0.448 e. The fraction of sp³-hybridized carbons (Fsp3) is 0.667. The molecule has 0 aliphatic heterocycles. The highest BCUT2D eigenvalue weighted by Crippen LogP contribution is 2.63. The van der Waals surface area contributed by atoms with E-state index in [2.05, 4.69) is 11.3 Å². The molecule has 1 atom stereocenters. The first kappa shape index (κ1) is 22.3. The van der Waals surface area contributed by atoms with E-state index >= 15 is 0 Å². The van der Waals surface area contributed by atoms with E-state index in [1.165, 1.54) is 0 Å². The maximum atomic E-state index is 13.6. The van der Waals surface area contributed by atoms with Gasteiger partial charge in [-0.2, -0.15) is 48.3 Å². The summed E-state index contributed by atoms with van der Waals surface area (Å²) < 4.78 is 166. The molecule has 0 aliphatic carbocycles. The Morgan fingerprint density at radius 2 is 0.958 bits per heavy atom. The molecular weight excluding hydrogens is 387 g/mol. The van der Waals surface area contributed by atoms with Crippen molar-refractivity contribution in [3.8, 4) is 0 Å². The lowest BCUT2D eigenvalue weighted by molar-refractivity contribution is -0.472. The Morgan fingerprint density at radius 1 is 0.667 bits per heavy atom. The highest BCUT2D eigenvalue weighted by Gasteiger charge is 2.97. The summed E-state index contributed by atoms with van der Waals surface area (Å²) in [6.45, 7) is 2.30. The van der Waals surface area contributed by atoms with Crippen molar-refractivity contribution in [1.82, 2.24) is 0 Å². The summed E-state index contributed by atoms with van der Waals surface area (Å²) in [5.41, 5.74) is -16.2. The SMILES string of the molecule is C=CC(=O)OC(F)(F)C(F)(C(F)(F)F)C(F)(C(F)(F)F)C(F)(F)F. The Balaban J connectivity index is 6.89. The van der Waals surface area contributed by atoms with Gasteiger partial charge in [0.15, 0.2) is 0 Å². The number of esters is 1. The van der Waals surface area contributed by atoms with E-state index in [1.807, 2.05) is 0 Å². The van der Waals surface area contributed by atoms with Crippen LogP contribution in [0.1, 0.15) is 0 Å². The van der Waals surface area contributed by atoms with Gasteiger partial charge < -0.3 is 4.74 Å². The molecule has 0 radical (unpaired) electrons. The summed E-state index contributed by atoms with van der Waals surface area (Å²) >= 11 is 0. The highest BCUT2D eigenvalue weighted by atomic mass is 19.4. The molecule has 0 aromatic carbocycles. The lowest BCUT2D eigenvalue weighted by Crippen LogP contribution is -2.77. The van der Waals surface area contributed by atoms with Gasteiger partial charge in [-0.05, 0) is 0 Å². The molecule has 0 saturated carbocycles. The molecule has 0 aliphatic rings. The molecule has 0 aromatic rings. The summed E-state index contributed by atoms with van der Waals surface area (Å²) in [6.07, 6.45) is -31.3. The average Bonchev–Trinajstić information content (AvgIpc) is 2.31. The molecule has 0 bridgehead atoms. The molecule has 0 saturated heterocycles. The van der Waals surface area contributed by atoms with Gasteiger partial charge in [-0.1, -0.05) is 6.58 Å². The topological polar surface area (TPSA) is 26.3 Å². The molecule has 0 fully saturated rings. The Kier molecular flexibility index (Phi) is 5.28. The van der Waals surface area contributed by atoms with Crippen molar-refractivity contribution in [2.45, 2.75) is 36.0 Å². The number of carbonyl (C=O) groups excluding carboxylic acids is 1. The van der Waals surface area contributed by atoms with Crippen LogP contribution in [0.4, 0.5) is 57.1 Å². The van der Waals surface area contributed by atoms with Gasteiger partial charge in [-0.25, -0.2) is 13.6 Å². The van der Waals surface area contributed by atoms with Crippen LogP contribution in [0.3, 0.4) is 0 Å². The van der Waals surface area contributed by atoms with Gasteiger partial charge >= 0.3 is 41.9 Å². The van der Waals surface area contributed by atoms with E-state index < -0.39 is 48.0 Å². The maximum absolute atomic E-state index is 13.6. The van der Waals surface area contributed by atoms with E-state index in [1.54, 1.807) is 0 Å². The monoisotopic (exact) mass is 390 g/mol. The van der Waals surface area contributed by atoms with Gasteiger partial charge in [0, 0.05) is 6.08 Å². The number of hydrogen-bond donors (Lipinski definition) is 0. The van der Waals surface area contributed by atoms with Crippen LogP contribution < -0.4 is 0 Å². The van der Waals surface area contributed by atoms with Crippen molar-refractivity contribution in [1.29, 1.82) is 0 Å². The molecular formula is C9H3F13O2. The average molecular weight is 390 g/mol. The van der Waals surface area contributed by atoms with Gasteiger partial charge in [0.1, 0.15) is 0 Å². The van der Waals surface area contributed by atoms with Crippen LogP contribution in [0.2, 0.25) is 0 Å². The fourth-order valence-electron chi connectivity index (χ4n) is 1.35. The molecule has 0 rings (SSSR count). The van der Waals surface area contributed by atoms with Crippen molar-refractivity contribution in [3.05, 3.63) is 12.7 Å². The number of alkyl halides is 13. The first-order valence-electron chi connectivity index (χ1n) is 5.02. The van der Waals surface area contributed by atoms with Gasteiger partial charge in [-0.15, -0.1) is 0 Å². The Hall–Kier alpha value is -1.70. The first-order chi connectivity index (χ1) is 10.2.